The Hall–Kier alpha value is -2.45. The number of carbonyl (C=O) groups is 1. The van der Waals surface area contributed by atoms with Gasteiger partial charge in [-0.2, -0.15) is 5.10 Å². The molecule has 0 aliphatic carbocycles. The molecule has 0 unspecified atom stereocenters. The van der Waals surface area contributed by atoms with Crippen molar-refractivity contribution in [2.75, 3.05) is 37.8 Å². The number of aromatic nitrogens is 1. The van der Waals surface area contributed by atoms with Crippen LogP contribution < -0.4 is 15.1 Å². The number of ether oxygens (including phenoxy) is 2. The van der Waals surface area contributed by atoms with Crippen LogP contribution in [0.2, 0.25) is 0 Å². The lowest BCUT2D eigenvalue weighted by Crippen LogP contribution is -2.36. The molecular weight excluding hydrogens is 364 g/mol. The minimum absolute atomic E-state index is 0.181. The number of rotatable bonds is 7. The summed E-state index contributed by atoms with van der Waals surface area (Å²) in [6.45, 7) is 7.55. The normalized spacial score (nSPS) is 14.9. The second-order valence-electron chi connectivity index (χ2n) is 6.09. The van der Waals surface area contributed by atoms with E-state index < -0.39 is 0 Å². The van der Waals surface area contributed by atoms with E-state index in [0.29, 0.717) is 6.61 Å². The van der Waals surface area contributed by atoms with Gasteiger partial charge in [0.15, 0.2) is 5.13 Å². The lowest BCUT2D eigenvalue weighted by atomic mass is 10.1. The predicted molar refractivity (Wildman–Crippen MR) is 107 cm³/mol. The van der Waals surface area contributed by atoms with Crippen molar-refractivity contribution >= 4 is 28.1 Å². The third-order valence-corrected chi connectivity index (χ3v) is 5.04. The zero-order valence-electron chi connectivity index (χ0n) is 15.6. The van der Waals surface area contributed by atoms with Gasteiger partial charge in [0.25, 0.3) is 0 Å². The van der Waals surface area contributed by atoms with Gasteiger partial charge in [0.1, 0.15) is 5.75 Å². The van der Waals surface area contributed by atoms with Crippen molar-refractivity contribution in [2.45, 2.75) is 20.3 Å². The van der Waals surface area contributed by atoms with E-state index in [1.54, 1.807) is 11.3 Å². The molecule has 27 heavy (non-hydrogen) atoms. The summed E-state index contributed by atoms with van der Waals surface area (Å²) in [5.74, 6) is 0.636. The highest BCUT2D eigenvalue weighted by Crippen LogP contribution is 2.21. The maximum Gasteiger partial charge on any atom is 0.246 e. The molecule has 1 N–H and O–H groups in total. The molecule has 1 aliphatic rings. The Bertz CT molecular complexity index is 783. The van der Waals surface area contributed by atoms with Crippen LogP contribution in [-0.2, 0) is 16.0 Å². The molecule has 7 nitrogen and oxygen atoms in total. The first kappa shape index (κ1) is 19.3. The van der Waals surface area contributed by atoms with Crippen LogP contribution >= 0.6 is 11.3 Å². The van der Waals surface area contributed by atoms with Gasteiger partial charge in [-0.1, -0.05) is 0 Å². The molecule has 1 aliphatic heterocycles. The molecule has 0 bridgehead atoms. The van der Waals surface area contributed by atoms with Crippen LogP contribution in [0.4, 0.5) is 5.13 Å². The van der Waals surface area contributed by atoms with Crippen molar-refractivity contribution < 1.29 is 14.3 Å². The summed E-state index contributed by atoms with van der Waals surface area (Å²) in [6, 6.07) is 7.63. The van der Waals surface area contributed by atoms with Gasteiger partial charge in [-0.05, 0) is 43.7 Å². The van der Waals surface area contributed by atoms with Gasteiger partial charge in [-0.15, -0.1) is 11.3 Å². The largest absolute Gasteiger partial charge is 0.494 e. The Balaban J connectivity index is 1.52. The minimum atomic E-state index is -0.181. The van der Waals surface area contributed by atoms with Crippen molar-refractivity contribution in [3.8, 4) is 5.75 Å². The monoisotopic (exact) mass is 388 g/mol. The third kappa shape index (κ3) is 5.51. The van der Waals surface area contributed by atoms with E-state index in [0.717, 1.165) is 54.2 Å². The molecule has 2 aromatic rings. The highest BCUT2D eigenvalue weighted by Gasteiger charge is 2.15. The summed E-state index contributed by atoms with van der Waals surface area (Å²) in [5.41, 5.74) is 5.03. The number of carbonyl (C=O) groups excluding carboxylic acids is 1. The lowest BCUT2D eigenvalue weighted by Gasteiger charge is -2.26. The van der Waals surface area contributed by atoms with Gasteiger partial charge in [-0.25, -0.2) is 10.4 Å². The average Bonchev–Trinajstić information content (AvgIpc) is 3.16. The molecule has 0 atom stereocenters. The van der Waals surface area contributed by atoms with Crippen molar-refractivity contribution in [3.63, 3.8) is 0 Å². The van der Waals surface area contributed by atoms with E-state index in [1.165, 1.54) is 0 Å². The molecule has 8 heteroatoms. The van der Waals surface area contributed by atoms with Crippen LogP contribution in [0.25, 0.3) is 0 Å². The summed E-state index contributed by atoms with van der Waals surface area (Å²) in [5, 5.41) is 7.05. The highest BCUT2D eigenvalue weighted by atomic mass is 32.1. The fourth-order valence-electron chi connectivity index (χ4n) is 2.65. The van der Waals surface area contributed by atoms with Crippen molar-refractivity contribution in [3.05, 3.63) is 40.9 Å². The molecule has 1 saturated heterocycles. The molecule has 0 saturated carbocycles. The smallest absolute Gasteiger partial charge is 0.246 e. The number of amides is 1. The Morgan fingerprint density at radius 2 is 2.07 bits per heavy atom. The molecule has 0 spiro atoms. The fraction of sp³-hybridized carbons (Fsp3) is 0.421. The Labute approximate surface area is 163 Å². The number of nitrogens with zero attached hydrogens (tertiary/aromatic N) is 3. The van der Waals surface area contributed by atoms with Crippen LogP contribution in [0.3, 0.4) is 0 Å². The maximum absolute atomic E-state index is 12.2. The van der Waals surface area contributed by atoms with E-state index in [-0.39, 0.29) is 12.3 Å². The molecule has 1 aromatic carbocycles. The third-order valence-electron chi connectivity index (χ3n) is 4.09. The van der Waals surface area contributed by atoms with Crippen molar-refractivity contribution in [1.29, 1.82) is 0 Å². The Kier molecular flexibility index (Phi) is 6.78. The zero-order valence-corrected chi connectivity index (χ0v) is 16.4. The summed E-state index contributed by atoms with van der Waals surface area (Å²) in [6.07, 6.45) is 0.209. The van der Waals surface area contributed by atoms with Crippen LogP contribution in [0.5, 0.6) is 5.75 Å². The number of morpholine rings is 1. The van der Waals surface area contributed by atoms with E-state index in [1.807, 2.05) is 43.5 Å². The number of anilines is 1. The number of thiazole rings is 1. The quantitative estimate of drug-likeness (QED) is 0.582. The molecule has 3 rings (SSSR count). The summed E-state index contributed by atoms with van der Waals surface area (Å²) >= 11 is 1.56. The molecular formula is C19H24N4O3S. The first-order valence-corrected chi connectivity index (χ1v) is 9.87. The van der Waals surface area contributed by atoms with Gasteiger partial charge in [-0.3, -0.25) is 4.79 Å². The SMILES string of the molecule is CCOc1ccc(/C(C)=N\NC(=O)Cc2csc(N3CCOCC3)n2)cc1. The lowest BCUT2D eigenvalue weighted by molar-refractivity contribution is -0.120. The van der Waals surface area contributed by atoms with Crippen molar-refractivity contribution in [1.82, 2.24) is 10.4 Å². The first-order valence-electron chi connectivity index (χ1n) is 8.99. The predicted octanol–water partition coefficient (Wildman–Crippen LogP) is 2.46. The first-order chi connectivity index (χ1) is 13.2. The highest BCUT2D eigenvalue weighted by molar-refractivity contribution is 7.13. The fourth-order valence-corrected chi connectivity index (χ4v) is 3.53. The topological polar surface area (TPSA) is 76.0 Å². The van der Waals surface area contributed by atoms with E-state index >= 15 is 0 Å². The standard InChI is InChI=1S/C19H24N4O3S/c1-3-26-17-6-4-15(5-7-17)14(2)21-22-18(24)12-16-13-27-19(20-16)23-8-10-25-11-9-23/h4-7,13H,3,8-12H2,1-2H3,(H,22,24)/b21-14-. The van der Waals surface area contributed by atoms with Crippen LogP contribution in [0, 0.1) is 0 Å². The molecule has 1 amide bonds. The maximum atomic E-state index is 12.2. The van der Waals surface area contributed by atoms with Gasteiger partial charge in [0, 0.05) is 18.5 Å². The second-order valence-corrected chi connectivity index (χ2v) is 6.92. The number of benzene rings is 1. The van der Waals surface area contributed by atoms with Gasteiger partial charge in [0.05, 0.1) is 37.6 Å². The van der Waals surface area contributed by atoms with E-state index in [9.17, 15) is 4.79 Å². The number of hydrogen-bond donors (Lipinski definition) is 1. The summed E-state index contributed by atoms with van der Waals surface area (Å²) in [4.78, 5) is 18.9. The Morgan fingerprint density at radius 1 is 1.33 bits per heavy atom. The molecule has 1 fully saturated rings. The Morgan fingerprint density at radius 3 is 2.78 bits per heavy atom. The number of hydrogen-bond acceptors (Lipinski definition) is 7. The number of hydrazone groups is 1. The van der Waals surface area contributed by atoms with Gasteiger partial charge >= 0.3 is 0 Å². The van der Waals surface area contributed by atoms with Gasteiger partial charge in [0.2, 0.25) is 5.91 Å². The summed E-state index contributed by atoms with van der Waals surface area (Å²) in [7, 11) is 0. The van der Waals surface area contributed by atoms with Crippen molar-refractivity contribution in [2.24, 2.45) is 5.10 Å². The molecule has 2 heterocycles. The van der Waals surface area contributed by atoms with E-state index in [4.69, 9.17) is 9.47 Å². The average molecular weight is 388 g/mol. The van der Waals surface area contributed by atoms with Crippen LogP contribution in [0.15, 0.2) is 34.7 Å². The summed E-state index contributed by atoms with van der Waals surface area (Å²) < 4.78 is 10.8. The molecule has 0 radical (unpaired) electrons. The number of nitrogens with one attached hydrogen (secondary N) is 1. The van der Waals surface area contributed by atoms with Crippen LogP contribution in [0.1, 0.15) is 25.1 Å². The van der Waals surface area contributed by atoms with E-state index in [2.05, 4.69) is 20.4 Å². The minimum Gasteiger partial charge on any atom is -0.494 e. The van der Waals surface area contributed by atoms with Gasteiger partial charge < -0.3 is 14.4 Å². The zero-order chi connectivity index (χ0) is 19.1. The molecule has 144 valence electrons. The molecule has 1 aromatic heterocycles. The van der Waals surface area contributed by atoms with Crippen LogP contribution in [-0.4, -0.2) is 49.5 Å². The second kappa shape index (κ2) is 9.48.